The lowest BCUT2D eigenvalue weighted by molar-refractivity contribution is -0.0335. The van der Waals surface area contributed by atoms with Crippen LogP contribution in [-0.4, -0.2) is 25.3 Å². The van der Waals surface area contributed by atoms with Crippen LogP contribution < -0.4 is 5.32 Å². The molecular formula is C8H15NO. The molecule has 2 aliphatic rings. The van der Waals surface area contributed by atoms with Gasteiger partial charge in [0.15, 0.2) is 0 Å². The summed E-state index contributed by atoms with van der Waals surface area (Å²) in [6, 6.07) is 0. The molecule has 0 unspecified atom stereocenters. The molecule has 1 heterocycles. The van der Waals surface area contributed by atoms with E-state index in [9.17, 15) is 0 Å². The van der Waals surface area contributed by atoms with Crippen molar-refractivity contribution >= 4 is 0 Å². The summed E-state index contributed by atoms with van der Waals surface area (Å²) in [5.41, 5.74) is 0. The Morgan fingerprint density at radius 2 is 1.70 bits per heavy atom. The fourth-order valence-electron chi connectivity index (χ4n) is 1.66. The molecule has 1 N–H and O–H groups in total. The van der Waals surface area contributed by atoms with E-state index in [-0.39, 0.29) is 0 Å². The summed E-state index contributed by atoms with van der Waals surface area (Å²) >= 11 is 0. The highest BCUT2D eigenvalue weighted by molar-refractivity contribution is 4.78. The van der Waals surface area contributed by atoms with E-state index in [1.807, 2.05) is 0 Å². The summed E-state index contributed by atoms with van der Waals surface area (Å²) in [4.78, 5) is 0. The second-order valence-electron chi connectivity index (χ2n) is 3.32. The normalized spacial score (nSPS) is 28.8. The highest BCUT2D eigenvalue weighted by atomic mass is 16.5. The van der Waals surface area contributed by atoms with Crippen molar-refractivity contribution < 1.29 is 4.74 Å². The van der Waals surface area contributed by atoms with Crippen LogP contribution in [0, 0.1) is 0 Å². The Bertz CT molecular complexity index is 106. The van der Waals surface area contributed by atoms with Crippen LogP contribution >= 0.6 is 0 Å². The summed E-state index contributed by atoms with van der Waals surface area (Å²) < 4.78 is 5.78. The lowest BCUT2D eigenvalue weighted by Crippen LogP contribution is -2.49. The van der Waals surface area contributed by atoms with Gasteiger partial charge in [-0.25, -0.2) is 0 Å². The van der Waals surface area contributed by atoms with Crippen molar-refractivity contribution in [3.63, 3.8) is 0 Å². The summed E-state index contributed by atoms with van der Waals surface area (Å²) in [7, 11) is 0. The van der Waals surface area contributed by atoms with E-state index in [2.05, 4.69) is 5.32 Å². The number of rotatable bonds is 2. The maximum atomic E-state index is 5.78. The third kappa shape index (κ3) is 1.32. The topological polar surface area (TPSA) is 21.3 Å². The van der Waals surface area contributed by atoms with Gasteiger partial charge in [-0.2, -0.15) is 0 Å². The number of hydrogen-bond acceptors (Lipinski definition) is 2. The molecular weight excluding hydrogens is 126 g/mol. The minimum Gasteiger partial charge on any atom is -0.372 e. The molecule has 0 radical (unpaired) electrons. The first-order chi connectivity index (χ1) is 4.95. The van der Waals surface area contributed by atoms with Crippen LogP contribution in [0.1, 0.15) is 25.7 Å². The Kier molecular flexibility index (Phi) is 1.91. The van der Waals surface area contributed by atoms with E-state index in [1.165, 1.54) is 25.7 Å². The summed E-state index contributed by atoms with van der Waals surface area (Å²) in [5.74, 6) is 0. The average molecular weight is 141 g/mol. The first kappa shape index (κ1) is 6.62. The predicted molar refractivity (Wildman–Crippen MR) is 40.0 cm³/mol. The van der Waals surface area contributed by atoms with E-state index in [1.54, 1.807) is 0 Å². The average Bonchev–Trinajstić information content (AvgIpc) is 2.29. The molecule has 0 aromatic rings. The van der Waals surface area contributed by atoms with Gasteiger partial charge in [0.25, 0.3) is 0 Å². The molecule has 2 rings (SSSR count). The van der Waals surface area contributed by atoms with Crippen molar-refractivity contribution in [2.45, 2.75) is 37.9 Å². The van der Waals surface area contributed by atoms with Gasteiger partial charge in [0.2, 0.25) is 0 Å². The van der Waals surface area contributed by atoms with Crippen molar-refractivity contribution in [3.8, 4) is 0 Å². The Hall–Kier alpha value is -0.0800. The minimum absolute atomic E-state index is 0.545. The van der Waals surface area contributed by atoms with E-state index >= 15 is 0 Å². The first-order valence-corrected chi connectivity index (χ1v) is 4.31. The summed E-state index contributed by atoms with van der Waals surface area (Å²) in [5, 5.41) is 3.21. The third-order valence-electron chi connectivity index (χ3n) is 2.43. The molecule has 58 valence electrons. The maximum absolute atomic E-state index is 5.78. The maximum Gasteiger partial charge on any atom is 0.0827 e. The molecule has 0 amide bonds. The van der Waals surface area contributed by atoms with Crippen molar-refractivity contribution in [1.82, 2.24) is 5.32 Å². The second kappa shape index (κ2) is 2.89. The summed E-state index contributed by atoms with van der Waals surface area (Å²) in [6.45, 7) is 2.16. The highest BCUT2D eigenvalue weighted by Crippen LogP contribution is 2.22. The minimum atomic E-state index is 0.545. The standard InChI is InChI=1S/C8H15NO/c1-2-4-7(3-1)10-8-5-9-6-8/h7-9H,1-6H2. The van der Waals surface area contributed by atoms with E-state index in [4.69, 9.17) is 4.74 Å². The van der Waals surface area contributed by atoms with E-state index in [0.29, 0.717) is 12.2 Å². The van der Waals surface area contributed by atoms with Gasteiger partial charge in [0.1, 0.15) is 0 Å². The molecule has 10 heavy (non-hydrogen) atoms. The van der Waals surface area contributed by atoms with Gasteiger partial charge in [0, 0.05) is 13.1 Å². The second-order valence-corrected chi connectivity index (χ2v) is 3.32. The van der Waals surface area contributed by atoms with Crippen molar-refractivity contribution in [2.75, 3.05) is 13.1 Å². The summed E-state index contributed by atoms with van der Waals surface area (Å²) in [6.07, 6.45) is 6.51. The lowest BCUT2D eigenvalue weighted by atomic mass is 10.2. The molecule has 2 nitrogen and oxygen atoms in total. The molecule has 1 saturated heterocycles. The highest BCUT2D eigenvalue weighted by Gasteiger charge is 2.23. The molecule has 1 saturated carbocycles. The van der Waals surface area contributed by atoms with Crippen LogP contribution in [0.15, 0.2) is 0 Å². The first-order valence-electron chi connectivity index (χ1n) is 4.31. The lowest BCUT2D eigenvalue weighted by Gasteiger charge is -2.29. The Balaban J connectivity index is 1.68. The zero-order valence-corrected chi connectivity index (χ0v) is 6.31. The van der Waals surface area contributed by atoms with Crippen LogP contribution in [0.3, 0.4) is 0 Å². The van der Waals surface area contributed by atoms with Crippen LogP contribution in [0.4, 0.5) is 0 Å². The van der Waals surface area contributed by atoms with Crippen molar-refractivity contribution in [3.05, 3.63) is 0 Å². The van der Waals surface area contributed by atoms with Gasteiger partial charge in [-0.3, -0.25) is 0 Å². The monoisotopic (exact) mass is 141 g/mol. The van der Waals surface area contributed by atoms with Gasteiger partial charge in [-0.15, -0.1) is 0 Å². The number of hydrogen-bond donors (Lipinski definition) is 1. The molecule has 0 bridgehead atoms. The third-order valence-corrected chi connectivity index (χ3v) is 2.43. The Labute approximate surface area is 61.9 Å². The van der Waals surface area contributed by atoms with Crippen LogP contribution in [0.5, 0.6) is 0 Å². The van der Waals surface area contributed by atoms with Crippen LogP contribution in [0.25, 0.3) is 0 Å². The molecule has 2 heteroatoms. The Morgan fingerprint density at radius 3 is 2.20 bits per heavy atom. The van der Waals surface area contributed by atoms with Crippen molar-refractivity contribution in [1.29, 1.82) is 0 Å². The van der Waals surface area contributed by atoms with Gasteiger partial charge >= 0.3 is 0 Å². The molecule has 1 aliphatic carbocycles. The number of ether oxygens (including phenoxy) is 1. The van der Waals surface area contributed by atoms with E-state index < -0.39 is 0 Å². The largest absolute Gasteiger partial charge is 0.372 e. The van der Waals surface area contributed by atoms with Gasteiger partial charge in [-0.05, 0) is 12.8 Å². The fourth-order valence-corrected chi connectivity index (χ4v) is 1.66. The van der Waals surface area contributed by atoms with Gasteiger partial charge in [0.05, 0.1) is 12.2 Å². The molecule has 0 aromatic heterocycles. The zero-order chi connectivity index (χ0) is 6.81. The molecule has 1 aliphatic heterocycles. The molecule has 0 spiro atoms. The fraction of sp³-hybridized carbons (Fsp3) is 1.00. The van der Waals surface area contributed by atoms with Crippen molar-refractivity contribution in [2.24, 2.45) is 0 Å². The van der Waals surface area contributed by atoms with Gasteiger partial charge in [-0.1, -0.05) is 12.8 Å². The van der Waals surface area contributed by atoms with Crippen LogP contribution in [0.2, 0.25) is 0 Å². The Morgan fingerprint density at radius 1 is 1.00 bits per heavy atom. The smallest absolute Gasteiger partial charge is 0.0827 e. The molecule has 0 aromatic carbocycles. The molecule has 2 fully saturated rings. The SMILES string of the molecule is C1CCC(OC2CNC2)C1. The molecule has 0 atom stereocenters. The number of nitrogens with one attached hydrogen (secondary N) is 1. The quantitative estimate of drug-likeness (QED) is 0.617. The van der Waals surface area contributed by atoms with E-state index in [0.717, 1.165) is 13.1 Å². The van der Waals surface area contributed by atoms with Crippen LogP contribution in [-0.2, 0) is 4.74 Å². The zero-order valence-electron chi connectivity index (χ0n) is 6.31. The predicted octanol–water partition coefficient (Wildman–Crippen LogP) is 0.917. The van der Waals surface area contributed by atoms with Gasteiger partial charge < -0.3 is 10.1 Å².